The lowest BCUT2D eigenvalue weighted by molar-refractivity contribution is -0.0901. The topological polar surface area (TPSA) is 59.8 Å². The fourth-order valence-electron chi connectivity index (χ4n) is 4.02. The summed E-state index contributed by atoms with van der Waals surface area (Å²) < 4.78 is 28.2. The van der Waals surface area contributed by atoms with Gasteiger partial charge in [0.05, 0.1) is 11.0 Å². The summed E-state index contributed by atoms with van der Waals surface area (Å²) in [6.45, 7) is 0. The molecule has 1 N–H and O–H groups in total. The van der Waals surface area contributed by atoms with E-state index in [2.05, 4.69) is 27.4 Å². The summed E-state index contributed by atoms with van der Waals surface area (Å²) in [6, 6.07) is 11.3. The molecule has 0 bridgehead atoms. The minimum Gasteiger partial charge on any atom is -0.349 e. The molecule has 1 aliphatic carbocycles. The van der Waals surface area contributed by atoms with E-state index in [9.17, 15) is 13.6 Å². The molecule has 0 unspecified atom stereocenters. The van der Waals surface area contributed by atoms with Gasteiger partial charge in [0.2, 0.25) is 0 Å². The number of carbonyl (C=O) groups excluding carboxylic acids is 1. The molecular formula is C23H20F2N4OS. The number of hydrogen-bond acceptors (Lipinski definition) is 4. The second kappa shape index (κ2) is 7.53. The van der Waals surface area contributed by atoms with Gasteiger partial charge in [-0.3, -0.25) is 4.79 Å². The molecule has 1 saturated carbocycles. The number of nitrogens with one attached hydrogen (secondary N) is 1. The van der Waals surface area contributed by atoms with E-state index in [-0.39, 0.29) is 18.5 Å². The van der Waals surface area contributed by atoms with E-state index in [1.807, 2.05) is 41.4 Å². The molecule has 5 nitrogen and oxygen atoms in total. The Morgan fingerprint density at radius 3 is 2.71 bits per heavy atom. The lowest BCUT2D eigenvalue weighted by Crippen LogP contribution is -2.50. The highest BCUT2D eigenvalue weighted by atomic mass is 32.1. The number of alkyl halides is 2. The molecule has 0 atom stereocenters. The Labute approximate surface area is 181 Å². The molecule has 158 valence electrons. The first-order valence-corrected chi connectivity index (χ1v) is 10.9. The number of aromatic nitrogens is 3. The van der Waals surface area contributed by atoms with Crippen LogP contribution in [0.15, 0.2) is 54.2 Å². The Kier molecular flexibility index (Phi) is 4.81. The van der Waals surface area contributed by atoms with Crippen LogP contribution in [0.1, 0.15) is 34.5 Å². The van der Waals surface area contributed by atoms with E-state index < -0.39 is 17.9 Å². The number of benzene rings is 1. The molecule has 1 aliphatic rings. The van der Waals surface area contributed by atoms with Gasteiger partial charge in [0.15, 0.2) is 0 Å². The van der Waals surface area contributed by atoms with Crippen LogP contribution in [-0.2, 0) is 13.5 Å². The highest BCUT2D eigenvalue weighted by Crippen LogP contribution is 2.37. The third-order valence-electron chi connectivity index (χ3n) is 5.59. The number of rotatable bonds is 5. The van der Waals surface area contributed by atoms with E-state index in [0.29, 0.717) is 11.9 Å². The van der Waals surface area contributed by atoms with Gasteiger partial charge in [0, 0.05) is 49.3 Å². The second-order valence-electron chi connectivity index (χ2n) is 7.97. The highest BCUT2D eigenvalue weighted by molar-refractivity contribution is 7.13. The zero-order valence-electron chi connectivity index (χ0n) is 16.8. The van der Waals surface area contributed by atoms with E-state index in [1.165, 1.54) is 0 Å². The quantitative estimate of drug-likeness (QED) is 0.486. The van der Waals surface area contributed by atoms with Gasteiger partial charge < -0.3 is 9.88 Å². The maximum Gasteiger partial charge on any atom is 0.270 e. The summed E-state index contributed by atoms with van der Waals surface area (Å²) in [6.07, 6.45) is 3.68. The number of aryl methyl sites for hydroxylation is 1. The molecule has 1 fully saturated rings. The third kappa shape index (κ3) is 3.95. The minimum atomic E-state index is -2.68. The van der Waals surface area contributed by atoms with Gasteiger partial charge in [-0.1, -0.05) is 24.3 Å². The van der Waals surface area contributed by atoms with Crippen LogP contribution in [-0.4, -0.2) is 32.4 Å². The smallest absolute Gasteiger partial charge is 0.270 e. The Bertz CT molecular complexity index is 1240. The number of halogens is 2. The fourth-order valence-corrected chi connectivity index (χ4v) is 4.66. The molecule has 31 heavy (non-hydrogen) atoms. The molecule has 1 aromatic carbocycles. The predicted octanol–water partition coefficient (Wildman–Crippen LogP) is 4.82. The van der Waals surface area contributed by atoms with E-state index in [1.54, 1.807) is 23.6 Å². The summed E-state index contributed by atoms with van der Waals surface area (Å²) in [5.74, 6) is -3.09. The minimum absolute atomic E-state index is 0.253. The molecule has 5 rings (SSSR count). The van der Waals surface area contributed by atoms with Crippen molar-refractivity contribution in [1.29, 1.82) is 0 Å². The second-order valence-corrected chi connectivity index (χ2v) is 8.87. The fraction of sp³-hybridized carbons (Fsp3) is 0.261. The van der Waals surface area contributed by atoms with Crippen molar-refractivity contribution in [3.05, 3.63) is 71.0 Å². The summed E-state index contributed by atoms with van der Waals surface area (Å²) >= 11 is 1.59. The van der Waals surface area contributed by atoms with Gasteiger partial charge >= 0.3 is 0 Å². The average Bonchev–Trinajstić information content (AvgIpc) is 3.37. The van der Waals surface area contributed by atoms with Crippen LogP contribution < -0.4 is 5.32 Å². The molecule has 8 heteroatoms. The molecule has 1 amide bonds. The van der Waals surface area contributed by atoms with E-state index >= 15 is 0 Å². The van der Waals surface area contributed by atoms with E-state index in [0.717, 1.165) is 27.2 Å². The first-order chi connectivity index (χ1) is 14.9. The van der Waals surface area contributed by atoms with Crippen LogP contribution in [0.3, 0.4) is 0 Å². The number of nitrogens with zero attached hydrogens (tertiary/aromatic N) is 3. The molecule has 3 heterocycles. The number of hydrogen-bond donors (Lipinski definition) is 1. The lowest BCUT2D eigenvalue weighted by Gasteiger charge is -2.35. The van der Waals surface area contributed by atoms with Crippen molar-refractivity contribution in [2.24, 2.45) is 7.05 Å². The van der Waals surface area contributed by atoms with Crippen LogP contribution in [0.5, 0.6) is 0 Å². The summed E-state index contributed by atoms with van der Waals surface area (Å²) in [5.41, 5.74) is 5.04. The molecule has 0 aliphatic heterocycles. The van der Waals surface area contributed by atoms with E-state index in [4.69, 9.17) is 0 Å². The van der Waals surface area contributed by atoms with Crippen molar-refractivity contribution < 1.29 is 13.6 Å². The van der Waals surface area contributed by atoms with Crippen LogP contribution in [0.2, 0.25) is 0 Å². The third-order valence-corrected chi connectivity index (χ3v) is 6.42. The summed E-state index contributed by atoms with van der Waals surface area (Å²) in [4.78, 5) is 21.5. The Hall–Kier alpha value is -3.13. The van der Waals surface area contributed by atoms with Crippen molar-refractivity contribution in [3.63, 3.8) is 0 Å². The van der Waals surface area contributed by atoms with Gasteiger partial charge in [0.1, 0.15) is 10.7 Å². The van der Waals surface area contributed by atoms with Gasteiger partial charge in [0.25, 0.3) is 11.8 Å². The largest absolute Gasteiger partial charge is 0.349 e. The van der Waals surface area contributed by atoms with Crippen molar-refractivity contribution in [1.82, 2.24) is 19.9 Å². The Balaban J connectivity index is 1.42. The van der Waals surface area contributed by atoms with Gasteiger partial charge in [-0.25, -0.2) is 18.7 Å². The number of carbonyl (C=O) groups is 1. The maximum absolute atomic E-state index is 13.1. The zero-order chi connectivity index (χ0) is 21.6. The first-order valence-electron chi connectivity index (χ1n) is 10.0. The first kappa shape index (κ1) is 19.8. The number of pyridine rings is 1. The highest BCUT2D eigenvalue weighted by Gasteiger charge is 2.46. The van der Waals surface area contributed by atoms with Gasteiger partial charge in [-0.15, -0.1) is 11.3 Å². The number of fused-ring (bicyclic) bond motifs is 1. The number of thiazole rings is 1. The number of amides is 1. The van der Waals surface area contributed by atoms with Crippen LogP contribution in [0.4, 0.5) is 8.78 Å². The lowest BCUT2D eigenvalue weighted by atomic mass is 9.88. The van der Waals surface area contributed by atoms with Crippen molar-refractivity contribution >= 4 is 28.3 Å². The SMILES string of the molecule is Cn1ccc2nc(C(=O)NC3CC(F)(F)C3)cc(Cc3ccc(-c4nccs4)cc3)c21. The predicted molar refractivity (Wildman–Crippen MR) is 117 cm³/mol. The monoisotopic (exact) mass is 438 g/mol. The Morgan fingerprint density at radius 2 is 2.03 bits per heavy atom. The van der Waals surface area contributed by atoms with Crippen LogP contribution in [0, 0.1) is 0 Å². The molecule has 4 aromatic rings. The van der Waals surface area contributed by atoms with Crippen molar-refractivity contribution in [2.45, 2.75) is 31.2 Å². The molecule has 0 radical (unpaired) electrons. The molecular weight excluding hydrogens is 418 g/mol. The normalized spacial score (nSPS) is 15.7. The molecule has 0 saturated heterocycles. The standard InChI is InChI=1S/C23H20F2N4OS/c1-29-8-6-18-20(29)16(10-14-2-4-15(5-3-14)22-26-7-9-31-22)11-19(28-18)21(30)27-17-12-23(24,25)13-17/h2-9,11,17H,10,12-13H2,1H3,(H,27,30). The van der Waals surface area contributed by atoms with Crippen LogP contribution >= 0.6 is 11.3 Å². The molecule has 0 spiro atoms. The molecule has 3 aromatic heterocycles. The van der Waals surface area contributed by atoms with Crippen molar-refractivity contribution in [2.75, 3.05) is 0 Å². The zero-order valence-corrected chi connectivity index (χ0v) is 17.6. The summed E-state index contributed by atoms with van der Waals surface area (Å²) in [7, 11) is 1.94. The van der Waals surface area contributed by atoms with Gasteiger partial charge in [-0.2, -0.15) is 0 Å². The maximum atomic E-state index is 13.1. The van der Waals surface area contributed by atoms with Gasteiger partial charge in [-0.05, 0) is 29.7 Å². The average molecular weight is 439 g/mol. The Morgan fingerprint density at radius 1 is 1.26 bits per heavy atom. The van der Waals surface area contributed by atoms with Crippen LogP contribution in [0.25, 0.3) is 21.6 Å². The summed E-state index contributed by atoms with van der Waals surface area (Å²) in [5, 5.41) is 5.60. The van der Waals surface area contributed by atoms with Crippen molar-refractivity contribution in [3.8, 4) is 10.6 Å².